The first-order valence-corrected chi connectivity index (χ1v) is 8.60. The normalized spacial score (nSPS) is 15.9. The number of amides is 1. The molecule has 0 aliphatic heterocycles. The maximum Gasteiger partial charge on any atom is 0.230 e. The van der Waals surface area contributed by atoms with Gasteiger partial charge in [0.15, 0.2) is 10.9 Å². The van der Waals surface area contributed by atoms with Gasteiger partial charge >= 0.3 is 0 Å². The van der Waals surface area contributed by atoms with Crippen molar-refractivity contribution in [3.05, 3.63) is 18.4 Å². The molecule has 7 heteroatoms. The van der Waals surface area contributed by atoms with Gasteiger partial charge in [-0.05, 0) is 25.0 Å². The highest BCUT2D eigenvalue weighted by Crippen LogP contribution is 2.35. The molecule has 0 aromatic carbocycles. The van der Waals surface area contributed by atoms with Gasteiger partial charge in [0.1, 0.15) is 0 Å². The van der Waals surface area contributed by atoms with E-state index in [0.717, 1.165) is 29.6 Å². The van der Waals surface area contributed by atoms with Gasteiger partial charge in [0.05, 0.1) is 12.0 Å². The number of furan rings is 1. The van der Waals surface area contributed by atoms with Crippen molar-refractivity contribution < 1.29 is 9.21 Å². The van der Waals surface area contributed by atoms with Gasteiger partial charge in [0, 0.05) is 13.1 Å². The van der Waals surface area contributed by atoms with Crippen LogP contribution in [0.15, 0.2) is 28.0 Å². The van der Waals surface area contributed by atoms with Crippen LogP contribution >= 0.6 is 11.8 Å². The average Bonchev–Trinajstić information content (AvgIpc) is 3.22. The van der Waals surface area contributed by atoms with E-state index < -0.39 is 0 Å². The third kappa shape index (κ3) is 3.19. The highest BCUT2D eigenvalue weighted by molar-refractivity contribution is 7.99. The Morgan fingerprint density at radius 1 is 1.41 bits per heavy atom. The molecule has 2 aromatic rings. The van der Waals surface area contributed by atoms with Crippen molar-refractivity contribution in [3.63, 3.8) is 0 Å². The average molecular weight is 320 g/mol. The van der Waals surface area contributed by atoms with Crippen molar-refractivity contribution in [1.29, 1.82) is 0 Å². The number of nitrogens with zero attached hydrogens (tertiary/aromatic N) is 3. The monoisotopic (exact) mass is 320 g/mol. The van der Waals surface area contributed by atoms with Crippen molar-refractivity contribution in [1.82, 2.24) is 20.1 Å². The van der Waals surface area contributed by atoms with Crippen molar-refractivity contribution >= 4 is 17.7 Å². The lowest BCUT2D eigenvalue weighted by Gasteiger charge is -2.25. The number of nitrogens with one attached hydrogen (secondary N) is 1. The Labute approximate surface area is 133 Å². The first-order chi connectivity index (χ1) is 10.8. The molecule has 2 aromatic heterocycles. The van der Waals surface area contributed by atoms with E-state index in [9.17, 15) is 4.79 Å². The molecule has 0 spiro atoms. The first-order valence-electron chi connectivity index (χ1n) is 7.61. The Bertz CT molecular complexity index is 618. The molecule has 1 saturated carbocycles. The van der Waals surface area contributed by atoms with Crippen molar-refractivity contribution in [3.8, 4) is 11.6 Å². The number of hydrogen-bond acceptors (Lipinski definition) is 5. The van der Waals surface area contributed by atoms with E-state index in [2.05, 4.69) is 20.1 Å². The van der Waals surface area contributed by atoms with Crippen molar-refractivity contribution in [2.75, 3.05) is 12.8 Å². The number of aromatic nitrogens is 3. The standard InChI is InChI=1S/C15H20N4O2S/c1-16-13(20)10-22-15-18-17-14(12-8-5-9-21-12)19(15)11-6-3-2-4-7-11/h5,8-9,11H,2-4,6-7,10H2,1H3,(H,16,20). The smallest absolute Gasteiger partial charge is 0.230 e. The summed E-state index contributed by atoms with van der Waals surface area (Å²) in [6, 6.07) is 4.14. The van der Waals surface area contributed by atoms with Crippen LogP contribution in [0.25, 0.3) is 11.6 Å². The molecular formula is C15H20N4O2S. The van der Waals surface area contributed by atoms with E-state index in [1.54, 1.807) is 13.3 Å². The van der Waals surface area contributed by atoms with Crippen LogP contribution in [-0.4, -0.2) is 33.5 Å². The lowest BCUT2D eigenvalue weighted by atomic mass is 9.95. The fourth-order valence-electron chi connectivity index (χ4n) is 2.82. The maximum atomic E-state index is 11.5. The lowest BCUT2D eigenvalue weighted by Crippen LogP contribution is -2.20. The van der Waals surface area contributed by atoms with E-state index in [4.69, 9.17) is 4.42 Å². The molecule has 1 fully saturated rings. The summed E-state index contributed by atoms with van der Waals surface area (Å²) in [6.45, 7) is 0. The number of hydrogen-bond donors (Lipinski definition) is 1. The molecule has 0 unspecified atom stereocenters. The zero-order valence-corrected chi connectivity index (χ0v) is 13.4. The number of carbonyl (C=O) groups is 1. The Morgan fingerprint density at radius 2 is 2.23 bits per heavy atom. The van der Waals surface area contributed by atoms with Crippen LogP contribution in [0.5, 0.6) is 0 Å². The zero-order valence-electron chi connectivity index (χ0n) is 12.6. The van der Waals surface area contributed by atoms with Gasteiger partial charge in [-0.15, -0.1) is 10.2 Å². The third-order valence-electron chi connectivity index (χ3n) is 3.96. The van der Waals surface area contributed by atoms with Crippen LogP contribution in [0.3, 0.4) is 0 Å². The van der Waals surface area contributed by atoms with Crippen molar-refractivity contribution in [2.24, 2.45) is 0 Å². The van der Waals surface area contributed by atoms with E-state index >= 15 is 0 Å². The second-order valence-corrected chi connectivity index (χ2v) is 6.35. The summed E-state index contributed by atoms with van der Waals surface area (Å²) < 4.78 is 7.66. The second kappa shape index (κ2) is 7.00. The summed E-state index contributed by atoms with van der Waals surface area (Å²) in [5, 5.41) is 12.0. The molecule has 2 heterocycles. The molecule has 0 saturated heterocycles. The highest BCUT2D eigenvalue weighted by Gasteiger charge is 2.25. The Kier molecular flexibility index (Phi) is 4.82. The molecule has 3 rings (SSSR count). The fourth-order valence-corrected chi connectivity index (χ4v) is 3.70. The summed E-state index contributed by atoms with van der Waals surface area (Å²) in [6.07, 6.45) is 7.63. The Balaban J connectivity index is 1.90. The molecule has 118 valence electrons. The summed E-state index contributed by atoms with van der Waals surface area (Å²) in [5.74, 6) is 1.82. The van der Waals surface area contributed by atoms with Gasteiger partial charge in [-0.1, -0.05) is 31.0 Å². The summed E-state index contributed by atoms with van der Waals surface area (Å²) in [7, 11) is 1.64. The predicted octanol–water partition coefficient (Wildman–Crippen LogP) is 2.88. The molecular weight excluding hydrogens is 300 g/mol. The Morgan fingerprint density at radius 3 is 2.91 bits per heavy atom. The predicted molar refractivity (Wildman–Crippen MR) is 84.6 cm³/mol. The molecule has 22 heavy (non-hydrogen) atoms. The maximum absolute atomic E-state index is 11.5. The van der Waals surface area contributed by atoms with Gasteiger partial charge in [0.2, 0.25) is 11.7 Å². The molecule has 0 radical (unpaired) electrons. The number of rotatable bonds is 5. The SMILES string of the molecule is CNC(=O)CSc1nnc(-c2ccco2)n1C1CCCCC1. The summed E-state index contributed by atoms with van der Waals surface area (Å²) in [4.78, 5) is 11.5. The van der Waals surface area contributed by atoms with Crippen molar-refractivity contribution in [2.45, 2.75) is 43.3 Å². The van der Waals surface area contributed by atoms with Crippen LogP contribution in [0.2, 0.25) is 0 Å². The minimum Gasteiger partial charge on any atom is -0.461 e. The lowest BCUT2D eigenvalue weighted by molar-refractivity contribution is -0.118. The number of carbonyl (C=O) groups excluding carboxylic acids is 1. The van der Waals surface area contributed by atoms with Gasteiger partial charge < -0.3 is 9.73 Å². The van der Waals surface area contributed by atoms with Crippen LogP contribution < -0.4 is 5.32 Å². The molecule has 0 atom stereocenters. The van der Waals surface area contributed by atoms with Gasteiger partial charge in [-0.2, -0.15) is 0 Å². The van der Waals surface area contributed by atoms with E-state index in [0.29, 0.717) is 11.8 Å². The zero-order chi connectivity index (χ0) is 15.4. The minimum absolute atomic E-state index is 0.0113. The first kappa shape index (κ1) is 15.1. The van der Waals surface area contributed by atoms with Gasteiger partial charge in [-0.3, -0.25) is 9.36 Å². The molecule has 1 aliphatic rings. The molecule has 0 bridgehead atoms. The minimum atomic E-state index is -0.0113. The molecule has 6 nitrogen and oxygen atoms in total. The number of thioether (sulfide) groups is 1. The Hall–Kier alpha value is -1.76. The summed E-state index contributed by atoms with van der Waals surface area (Å²) in [5.41, 5.74) is 0. The molecule has 1 aliphatic carbocycles. The van der Waals surface area contributed by atoms with E-state index in [-0.39, 0.29) is 5.91 Å². The third-order valence-corrected chi connectivity index (χ3v) is 4.90. The van der Waals surface area contributed by atoms with Gasteiger partial charge in [0.25, 0.3) is 0 Å². The highest BCUT2D eigenvalue weighted by atomic mass is 32.2. The fraction of sp³-hybridized carbons (Fsp3) is 0.533. The van der Waals surface area contributed by atoms with E-state index in [1.165, 1.54) is 31.0 Å². The molecule has 1 amide bonds. The van der Waals surface area contributed by atoms with Crippen LogP contribution in [-0.2, 0) is 4.79 Å². The van der Waals surface area contributed by atoms with Crippen LogP contribution in [0, 0.1) is 0 Å². The second-order valence-electron chi connectivity index (χ2n) is 5.41. The van der Waals surface area contributed by atoms with E-state index in [1.807, 2.05) is 12.1 Å². The van der Waals surface area contributed by atoms with Gasteiger partial charge in [-0.25, -0.2) is 0 Å². The molecule has 1 N–H and O–H groups in total. The largest absolute Gasteiger partial charge is 0.461 e. The topological polar surface area (TPSA) is 73.0 Å². The van der Waals surface area contributed by atoms with Crippen LogP contribution in [0.4, 0.5) is 0 Å². The quantitative estimate of drug-likeness (QED) is 0.858. The van der Waals surface area contributed by atoms with Crippen LogP contribution in [0.1, 0.15) is 38.1 Å². The summed E-state index contributed by atoms with van der Waals surface area (Å²) >= 11 is 1.43.